The Morgan fingerprint density at radius 2 is 1.52 bits per heavy atom. The van der Waals surface area contributed by atoms with E-state index in [1.54, 1.807) is 11.8 Å². The van der Waals surface area contributed by atoms with Gasteiger partial charge in [0.15, 0.2) is 0 Å². The Balaban J connectivity index is 1.74. The molecule has 0 aliphatic carbocycles. The summed E-state index contributed by atoms with van der Waals surface area (Å²) in [5.41, 5.74) is 2.62. The van der Waals surface area contributed by atoms with Crippen molar-refractivity contribution in [1.82, 2.24) is 0 Å². The van der Waals surface area contributed by atoms with E-state index in [1.165, 1.54) is 9.79 Å². The van der Waals surface area contributed by atoms with E-state index >= 15 is 0 Å². The Labute approximate surface area is 141 Å². The zero-order valence-electron chi connectivity index (χ0n) is 13.8. The van der Waals surface area contributed by atoms with Gasteiger partial charge in [-0.25, -0.2) is 0 Å². The van der Waals surface area contributed by atoms with Crippen molar-refractivity contribution in [1.29, 1.82) is 0 Å². The summed E-state index contributed by atoms with van der Waals surface area (Å²) in [5.74, 6) is 0. The molecule has 2 aromatic rings. The highest BCUT2D eigenvalue weighted by atomic mass is 32.2. The second-order valence-corrected chi connectivity index (χ2v) is 8.12. The second kappa shape index (κ2) is 5.03. The van der Waals surface area contributed by atoms with E-state index in [1.807, 2.05) is 0 Å². The van der Waals surface area contributed by atoms with Crippen LogP contribution in [0.1, 0.15) is 27.7 Å². The molecule has 1 fully saturated rings. The van der Waals surface area contributed by atoms with Crippen molar-refractivity contribution >= 4 is 35.7 Å². The van der Waals surface area contributed by atoms with E-state index in [4.69, 9.17) is 9.31 Å². The summed E-state index contributed by atoms with van der Waals surface area (Å²) in [6.45, 7) is 8.33. The summed E-state index contributed by atoms with van der Waals surface area (Å²) in [5, 5.41) is 3.56. The van der Waals surface area contributed by atoms with Gasteiger partial charge in [-0.15, -0.1) is 0 Å². The Morgan fingerprint density at radius 1 is 0.870 bits per heavy atom. The quantitative estimate of drug-likeness (QED) is 0.680. The maximum Gasteiger partial charge on any atom is 0.497 e. The van der Waals surface area contributed by atoms with Gasteiger partial charge in [0.25, 0.3) is 0 Å². The lowest BCUT2D eigenvalue weighted by molar-refractivity contribution is 0.00578. The normalized spacial score (nSPS) is 20.6. The van der Waals surface area contributed by atoms with Crippen molar-refractivity contribution in [2.24, 2.45) is 0 Å². The van der Waals surface area contributed by atoms with Gasteiger partial charge in [-0.05, 0) is 45.9 Å². The average molecular weight is 325 g/mol. The first-order valence-electron chi connectivity index (χ1n) is 7.90. The molecule has 3 nitrogen and oxygen atoms in total. The minimum atomic E-state index is -0.353. The highest BCUT2D eigenvalue weighted by Gasteiger charge is 2.52. The van der Waals surface area contributed by atoms with Gasteiger partial charge in [-0.3, -0.25) is 0 Å². The number of para-hydroxylation sites is 2. The van der Waals surface area contributed by atoms with E-state index in [2.05, 4.69) is 75.5 Å². The van der Waals surface area contributed by atoms with Crippen molar-refractivity contribution in [3.8, 4) is 0 Å². The topological polar surface area (TPSA) is 30.5 Å². The average Bonchev–Trinajstić information content (AvgIpc) is 2.72. The molecule has 0 spiro atoms. The van der Waals surface area contributed by atoms with Crippen LogP contribution in [0.25, 0.3) is 0 Å². The molecule has 0 aromatic heterocycles. The van der Waals surface area contributed by atoms with Crippen molar-refractivity contribution in [3.05, 3.63) is 42.5 Å². The highest BCUT2D eigenvalue weighted by Crippen LogP contribution is 2.44. The fourth-order valence-corrected chi connectivity index (χ4v) is 3.88. The summed E-state index contributed by atoms with van der Waals surface area (Å²) in [6.07, 6.45) is 0. The molecule has 1 N–H and O–H groups in total. The van der Waals surface area contributed by atoms with E-state index < -0.39 is 0 Å². The first-order chi connectivity index (χ1) is 10.9. The largest absolute Gasteiger partial charge is 0.497 e. The lowest BCUT2D eigenvalue weighted by Crippen LogP contribution is -2.41. The zero-order chi connectivity index (χ0) is 16.2. The Bertz CT molecular complexity index is 759. The van der Waals surface area contributed by atoms with Crippen LogP contribution in [-0.4, -0.2) is 18.3 Å². The molecule has 0 atom stereocenters. The SMILES string of the molecule is CC1(C)OB(c2cccc3c2Nc2ccccc2S3)OC1(C)C. The zero-order valence-corrected chi connectivity index (χ0v) is 14.7. The van der Waals surface area contributed by atoms with E-state index in [0.29, 0.717) is 0 Å². The van der Waals surface area contributed by atoms with Gasteiger partial charge >= 0.3 is 7.12 Å². The standard InChI is InChI=1S/C18H20BNO2S/c1-17(2)18(3,4)22-19(21-17)12-8-7-11-15-16(12)20-13-9-5-6-10-14(13)23-15/h5-11,20H,1-4H3. The van der Waals surface area contributed by atoms with Gasteiger partial charge < -0.3 is 14.6 Å². The highest BCUT2D eigenvalue weighted by molar-refractivity contribution is 7.99. The lowest BCUT2D eigenvalue weighted by atomic mass is 9.77. The first kappa shape index (κ1) is 15.1. The third kappa shape index (κ3) is 2.38. The molecule has 5 heteroatoms. The number of anilines is 2. The predicted octanol–water partition coefficient (Wildman–Crippen LogP) is 4.19. The van der Waals surface area contributed by atoms with Crippen LogP contribution in [0.2, 0.25) is 0 Å². The molecule has 2 heterocycles. The van der Waals surface area contributed by atoms with Crippen LogP contribution in [0.5, 0.6) is 0 Å². The van der Waals surface area contributed by atoms with Crippen LogP contribution in [0, 0.1) is 0 Å². The number of hydrogen-bond acceptors (Lipinski definition) is 4. The van der Waals surface area contributed by atoms with Gasteiger partial charge in [-0.1, -0.05) is 36.0 Å². The Kier molecular flexibility index (Phi) is 3.31. The molecule has 0 saturated carbocycles. The van der Waals surface area contributed by atoms with Crippen LogP contribution in [-0.2, 0) is 9.31 Å². The number of hydrogen-bond donors (Lipinski definition) is 1. The summed E-state index contributed by atoms with van der Waals surface area (Å²) in [6, 6.07) is 14.6. The molecular formula is C18H20BNO2S. The van der Waals surface area contributed by atoms with Gasteiger partial charge in [0, 0.05) is 15.3 Å². The number of rotatable bonds is 1. The van der Waals surface area contributed by atoms with Gasteiger partial charge in [-0.2, -0.15) is 0 Å². The molecule has 2 aliphatic heterocycles. The van der Waals surface area contributed by atoms with Crippen LogP contribution in [0.15, 0.2) is 52.3 Å². The molecule has 0 unspecified atom stereocenters. The summed E-state index contributed by atoms with van der Waals surface area (Å²) in [7, 11) is -0.353. The third-order valence-electron chi connectivity index (χ3n) is 4.93. The molecule has 23 heavy (non-hydrogen) atoms. The van der Waals surface area contributed by atoms with Crippen LogP contribution in [0.3, 0.4) is 0 Å². The molecule has 0 amide bonds. The maximum absolute atomic E-state index is 6.23. The van der Waals surface area contributed by atoms with Crippen LogP contribution >= 0.6 is 11.8 Å². The molecule has 0 bridgehead atoms. The molecule has 0 radical (unpaired) electrons. The summed E-state index contributed by atoms with van der Waals surface area (Å²) >= 11 is 1.78. The van der Waals surface area contributed by atoms with Crippen LogP contribution in [0.4, 0.5) is 11.4 Å². The minimum absolute atomic E-state index is 0.333. The Hall–Kier alpha value is -1.43. The summed E-state index contributed by atoms with van der Waals surface area (Å²) in [4.78, 5) is 2.45. The fourth-order valence-electron chi connectivity index (χ4n) is 2.85. The molecule has 118 valence electrons. The van der Waals surface area contributed by atoms with Gasteiger partial charge in [0.05, 0.1) is 22.6 Å². The number of nitrogens with one attached hydrogen (secondary N) is 1. The summed E-state index contributed by atoms with van der Waals surface area (Å²) < 4.78 is 12.5. The number of benzene rings is 2. The third-order valence-corrected chi connectivity index (χ3v) is 6.07. The molecule has 2 aliphatic rings. The Morgan fingerprint density at radius 3 is 2.26 bits per heavy atom. The van der Waals surface area contributed by atoms with Crippen molar-refractivity contribution in [2.75, 3.05) is 5.32 Å². The molecule has 1 saturated heterocycles. The van der Waals surface area contributed by atoms with Crippen molar-refractivity contribution in [3.63, 3.8) is 0 Å². The second-order valence-electron chi connectivity index (χ2n) is 7.03. The van der Waals surface area contributed by atoms with Gasteiger partial charge in [0.1, 0.15) is 0 Å². The molecular weight excluding hydrogens is 305 g/mol. The van der Waals surface area contributed by atoms with Crippen LogP contribution < -0.4 is 10.8 Å². The molecule has 4 rings (SSSR count). The fraction of sp³-hybridized carbons (Fsp3) is 0.333. The van der Waals surface area contributed by atoms with E-state index in [-0.39, 0.29) is 18.3 Å². The van der Waals surface area contributed by atoms with Crippen molar-refractivity contribution in [2.45, 2.75) is 48.7 Å². The minimum Gasteiger partial charge on any atom is -0.399 e. The van der Waals surface area contributed by atoms with E-state index in [9.17, 15) is 0 Å². The lowest BCUT2D eigenvalue weighted by Gasteiger charge is -2.32. The van der Waals surface area contributed by atoms with E-state index in [0.717, 1.165) is 16.8 Å². The monoisotopic (exact) mass is 325 g/mol. The first-order valence-corrected chi connectivity index (χ1v) is 8.71. The maximum atomic E-state index is 6.23. The van der Waals surface area contributed by atoms with Gasteiger partial charge in [0.2, 0.25) is 0 Å². The smallest absolute Gasteiger partial charge is 0.399 e. The molecule has 2 aromatic carbocycles. The predicted molar refractivity (Wildman–Crippen MR) is 96.0 cm³/mol. The number of fused-ring (bicyclic) bond motifs is 2. The van der Waals surface area contributed by atoms with Crippen molar-refractivity contribution < 1.29 is 9.31 Å².